The molecule has 0 unspecified atom stereocenters. The molecule has 1 heterocycles. The number of nitrogens with one attached hydrogen (secondary N) is 1. The molecular formula is C20H22F9N3O5. The lowest BCUT2D eigenvalue weighted by Crippen LogP contribution is -2.52. The third-order valence-electron chi connectivity index (χ3n) is 5.09. The van der Waals surface area contributed by atoms with Crippen LogP contribution in [0.5, 0.6) is 0 Å². The van der Waals surface area contributed by atoms with E-state index in [1.54, 1.807) is 0 Å². The number of alkyl halides is 9. The van der Waals surface area contributed by atoms with Crippen LogP contribution < -0.4 is 5.32 Å². The second-order valence-electron chi connectivity index (χ2n) is 7.81. The molecule has 1 amide bonds. The summed E-state index contributed by atoms with van der Waals surface area (Å²) in [6, 6.07) is 3.34. The Bertz CT molecular complexity index is 916. The van der Waals surface area contributed by atoms with E-state index in [9.17, 15) is 49.1 Å². The fraction of sp³-hybridized carbons (Fsp3) is 0.600. The highest BCUT2D eigenvalue weighted by Crippen LogP contribution is 2.37. The molecule has 8 nitrogen and oxygen atoms in total. The number of ether oxygens (including phenoxy) is 2. The SMILES string of the molecule is O=C(O)COCCNc1cccc(C(F)(F)F)c1CN1CCN(C(=O)OC(C(F)(F)F)C(F)(F)F)CC1. The Labute approximate surface area is 203 Å². The number of carboxylic acid groups (broad SMARTS) is 1. The Morgan fingerprint density at radius 3 is 2.08 bits per heavy atom. The summed E-state index contributed by atoms with van der Waals surface area (Å²) in [6.45, 7) is -2.17. The van der Waals surface area contributed by atoms with Crippen molar-refractivity contribution in [1.82, 2.24) is 9.80 Å². The van der Waals surface area contributed by atoms with Crippen LogP contribution in [0.4, 0.5) is 50.0 Å². The summed E-state index contributed by atoms with van der Waals surface area (Å²) in [5.41, 5.74) is -1.11. The monoisotopic (exact) mass is 555 g/mol. The van der Waals surface area contributed by atoms with Crippen molar-refractivity contribution in [3.63, 3.8) is 0 Å². The molecule has 0 spiro atoms. The van der Waals surface area contributed by atoms with Gasteiger partial charge in [0.2, 0.25) is 0 Å². The molecule has 2 rings (SSSR count). The number of carbonyl (C=O) groups excluding carboxylic acids is 1. The first-order valence-corrected chi connectivity index (χ1v) is 10.5. The van der Waals surface area contributed by atoms with Crippen LogP contribution in [0.1, 0.15) is 11.1 Å². The van der Waals surface area contributed by atoms with E-state index in [0.29, 0.717) is 4.90 Å². The number of amides is 1. The molecular weight excluding hydrogens is 533 g/mol. The molecule has 0 radical (unpaired) electrons. The molecule has 210 valence electrons. The molecule has 17 heteroatoms. The average Bonchev–Trinajstić information content (AvgIpc) is 2.76. The predicted molar refractivity (Wildman–Crippen MR) is 108 cm³/mol. The number of benzene rings is 1. The van der Waals surface area contributed by atoms with Gasteiger partial charge in [0, 0.05) is 50.5 Å². The standard InChI is InChI=1S/C20H22F9N3O5/c21-18(22,23)13-2-1-3-14(30-4-9-36-11-15(33)34)12(13)10-31-5-7-32(8-6-31)17(35)37-16(19(24,25)26)20(27,28)29/h1-3,16,30H,4-11H2,(H,33,34). The van der Waals surface area contributed by atoms with Gasteiger partial charge in [0.15, 0.2) is 0 Å². The van der Waals surface area contributed by atoms with Gasteiger partial charge in [-0.3, -0.25) is 4.90 Å². The lowest BCUT2D eigenvalue weighted by Gasteiger charge is -2.36. The van der Waals surface area contributed by atoms with Crippen LogP contribution in [0, 0.1) is 0 Å². The van der Waals surface area contributed by atoms with Crippen LogP contribution in [0.2, 0.25) is 0 Å². The summed E-state index contributed by atoms with van der Waals surface area (Å²) in [5.74, 6) is -1.23. The van der Waals surface area contributed by atoms with Gasteiger partial charge in [0.1, 0.15) is 6.61 Å². The minimum atomic E-state index is -5.88. The molecule has 0 aliphatic carbocycles. The zero-order chi connectivity index (χ0) is 28.0. The number of carbonyl (C=O) groups is 2. The van der Waals surface area contributed by atoms with E-state index >= 15 is 0 Å². The smallest absolute Gasteiger partial charge is 0.434 e. The van der Waals surface area contributed by atoms with Gasteiger partial charge in [-0.2, -0.15) is 39.5 Å². The van der Waals surface area contributed by atoms with Crippen LogP contribution in [-0.2, 0) is 27.0 Å². The summed E-state index contributed by atoms with van der Waals surface area (Å²) in [7, 11) is 0. The highest BCUT2D eigenvalue weighted by molar-refractivity contribution is 5.68. The highest BCUT2D eigenvalue weighted by Gasteiger charge is 2.60. The number of piperazine rings is 1. The van der Waals surface area contributed by atoms with Crippen LogP contribution in [-0.4, -0.2) is 91.4 Å². The first kappa shape index (κ1) is 30.3. The Morgan fingerprint density at radius 1 is 0.973 bits per heavy atom. The van der Waals surface area contributed by atoms with Gasteiger partial charge in [-0.1, -0.05) is 6.07 Å². The first-order valence-electron chi connectivity index (χ1n) is 10.5. The number of halogens is 9. The van der Waals surface area contributed by atoms with E-state index in [4.69, 9.17) is 9.84 Å². The first-order chi connectivity index (χ1) is 17.0. The summed E-state index contributed by atoms with van der Waals surface area (Å²) in [6.07, 6.45) is -22.7. The maximum Gasteiger partial charge on any atom is 0.434 e. The largest absolute Gasteiger partial charge is 0.480 e. The van der Waals surface area contributed by atoms with Crippen molar-refractivity contribution >= 4 is 17.7 Å². The molecule has 37 heavy (non-hydrogen) atoms. The van der Waals surface area contributed by atoms with Crippen molar-refractivity contribution in [2.45, 2.75) is 31.2 Å². The van der Waals surface area contributed by atoms with Crippen LogP contribution in [0.3, 0.4) is 0 Å². The number of carboxylic acids is 1. The lowest BCUT2D eigenvalue weighted by molar-refractivity contribution is -0.308. The number of aliphatic carboxylic acids is 1. The normalized spacial score (nSPS) is 15.7. The van der Waals surface area contributed by atoms with E-state index in [1.807, 2.05) is 0 Å². The minimum Gasteiger partial charge on any atom is -0.480 e. The van der Waals surface area contributed by atoms with Crippen LogP contribution in [0.25, 0.3) is 0 Å². The van der Waals surface area contributed by atoms with Gasteiger partial charge in [-0.15, -0.1) is 0 Å². The molecule has 1 aromatic carbocycles. The summed E-state index contributed by atoms with van der Waals surface area (Å²) in [4.78, 5) is 24.4. The Balaban J connectivity index is 2.06. The molecule has 0 aromatic heterocycles. The van der Waals surface area contributed by atoms with Crippen molar-refractivity contribution in [3.8, 4) is 0 Å². The zero-order valence-corrected chi connectivity index (χ0v) is 18.8. The van der Waals surface area contributed by atoms with Crippen LogP contribution in [0.15, 0.2) is 18.2 Å². The third kappa shape index (κ3) is 9.14. The van der Waals surface area contributed by atoms with Gasteiger partial charge in [-0.25, -0.2) is 9.59 Å². The average molecular weight is 555 g/mol. The van der Waals surface area contributed by atoms with Gasteiger partial charge < -0.3 is 24.8 Å². The predicted octanol–water partition coefficient (Wildman–Crippen LogP) is 3.97. The second kappa shape index (κ2) is 12.1. The minimum absolute atomic E-state index is 0.0270. The number of hydrogen-bond donors (Lipinski definition) is 2. The van der Waals surface area contributed by atoms with Gasteiger partial charge in [0.25, 0.3) is 6.10 Å². The maximum absolute atomic E-state index is 13.6. The van der Waals surface area contributed by atoms with Crippen molar-refractivity contribution < 1.29 is 63.7 Å². The second-order valence-corrected chi connectivity index (χ2v) is 7.81. The fourth-order valence-electron chi connectivity index (χ4n) is 3.41. The molecule has 1 fully saturated rings. The molecule has 0 saturated carbocycles. The fourth-order valence-corrected chi connectivity index (χ4v) is 3.41. The molecule has 1 saturated heterocycles. The van der Waals surface area contributed by atoms with Crippen molar-refractivity contribution in [3.05, 3.63) is 29.3 Å². The Hall–Kier alpha value is -2.95. The van der Waals surface area contributed by atoms with E-state index in [1.165, 1.54) is 11.0 Å². The third-order valence-corrected chi connectivity index (χ3v) is 5.09. The molecule has 1 aliphatic heterocycles. The quantitative estimate of drug-likeness (QED) is 0.352. The van der Waals surface area contributed by atoms with Gasteiger partial charge in [-0.05, 0) is 12.1 Å². The Kier molecular flexibility index (Phi) is 9.87. The topological polar surface area (TPSA) is 91.3 Å². The van der Waals surface area contributed by atoms with Gasteiger partial charge >= 0.3 is 30.6 Å². The number of nitrogens with zero attached hydrogens (tertiary/aromatic N) is 2. The molecule has 0 atom stereocenters. The molecule has 1 aliphatic rings. The number of hydrogen-bond acceptors (Lipinski definition) is 6. The number of anilines is 1. The van der Waals surface area contributed by atoms with Crippen LogP contribution >= 0.6 is 0 Å². The van der Waals surface area contributed by atoms with Gasteiger partial charge in [0.05, 0.1) is 12.2 Å². The maximum atomic E-state index is 13.6. The Morgan fingerprint density at radius 2 is 1.57 bits per heavy atom. The van der Waals surface area contributed by atoms with Crippen molar-refractivity contribution in [1.29, 1.82) is 0 Å². The highest BCUT2D eigenvalue weighted by atomic mass is 19.4. The zero-order valence-electron chi connectivity index (χ0n) is 18.8. The van der Waals surface area contributed by atoms with E-state index in [-0.39, 0.29) is 57.1 Å². The summed E-state index contributed by atoms with van der Waals surface area (Å²) >= 11 is 0. The summed E-state index contributed by atoms with van der Waals surface area (Å²) in [5, 5.41) is 11.3. The van der Waals surface area contributed by atoms with E-state index < -0.39 is 48.9 Å². The molecule has 0 bridgehead atoms. The van der Waals surface area contributed by atoms with E-state index in [0.717, 1.165) is 12.1 Å². The van der Waals surface area contributed by atoms with Crippen molar-refractivity contribution in [2.24, 2.45) is 0 Å². The van der Waals surface area contributed by atoms with Crippen molar-refractivity contribution in [2.75, 3.05) is 51.3 Å². The summed E-state index contributed by atoms with van der Waals surface area (Å²) < 4.78 is 125. The van der Waals surface area contributed by atoms with E-state index in [2.05, 4.69) is 10.1 Å². The molecule has 1 aromatic rings. The lowest BCUT2D eigenvalue weighted by atomic mass is 10.0. The number of rotatable bonds is 9. The molecule has 2 N–H and O–H groups in total.